The lowest BCUT2D eigenvalue weighted by Crippen LogP contribution is -2.28. The number of nitrogens with zero attached hydrogens (tertiary/aromatic N) is 2. The van der Waals surface area contributed by atoms with Crippen molar-refractivity contribution in [3.05, 3.63) is 283 Å². The molecule has 0 radical (unpaired) electrons. The Morgan fingerprint density at radius 2 is 0.841 bits per heavy atom. The molecule has 0 aliphatic heterocycles. The topological polar surface area (TPSA) is 8.17 Å². The van der Waals surface area contributed by atoms with Crippen LogP contribution < -0.4 is 4.90 Å². The first-order valence-electron chi connectivity index (χ1n) is 24.2. The molecule has 2 nitrogen and oxygen atoms in total. The van der Waals surface area contributed by atoms with Crippen LogP contribution in [-0.4, -0.2) is 4.57 Å². The maximum absolute atomic E-state index is 2.60. The monoisotopic (exact) mass is 878 g/mol. The molecule has 3 aliphatic rings. The van der Waals surface area contributed by atoms with Crippen molar-refractivity contribution in [2.75, 3.05) is 4.90 Å². The predicted octanol–water partition coefficient (Wildman–Crippen LogP) is 17.7. The molecule has 1 heterocycles. The van der Waals surface area contributed by atoms with Gasteiger partial charge in [-0.05, 0) is 116 Å². The van der Waals surface area contributed by atoms with Crippen LogP contribution in [0.3, 0.4) is 0 Å². The van der Waals surface area contributed by atoms with Crippen LogP contribution in [0.25, 0.3) is 77.6 Å². The van der Waals surface area contributed by atoms with Gasteiger partial charge in [0.25, 0.3) is 0 Å². The van der Waals surface area contributed by atoms with E-state index in [-0.39, 0.29) is 0 Å². The van der Waals surface area contributed by atoms with Crippen molar-refractivity contribution in [2.24, 2.45) is 0 Å². The molecule has 3 aliphatic carbocycles. The maximum atomic E-state index is 2.60. The Morgan fingerprint density at radius 3 is 1.52 bits per heavy atom. The van der Waals surface area contributed by atoms with E-state index in [1.165, 1.54) is 94.2 Å². The smallest absolute Gasteiger partial charge is 0.0702 e. The van der Waals surface area contributed by atoms with E-state index in [0.717, 1.165) is 41.2 Å². The van der Waals surface area contributed by atoms with Gasteiger partial charge in [-0.15, -0.1) is 0 Å². The van der Waals surface area contributed by atoms with E-state index in [2.05, 4.69) is 264 Å². The zero-order valence-corrected chi connectivity index (χ0v) is 38.1. The summed E-state index contributed by atoms with van der Waals surface area (Å²) in [5.41, 5.74) is 24.5. The number of aromatic nitrogens is 1. The molecular weight excluding hydrogens is 833 g/mol. The fourth-order valence-electron chi connectivity index (χ4n) is 12.5. The van der Waals surface area contributed by atoms with Crippen LogP contribution in [0.5, 0.6) is 0 Å². The minimum absolute atomic E-state index is 0.413. The SMILES string of the molecule is C1=CC2=C(CC1)C1(c3ccccc3-c3ccccc31)c1cccc(N(c3ccccc3-c3ccccc3-c3ccccc3-c3ccccc3)c3ccccc3-n3c4ccccc4c4ccccc43)c12. The standard InChI is InChI=1S/C67H46N2/c1-2-23-45(24-3-1)46-25-4-5-26-47(46)48-27-6-7-28-49(48)52-31-11-17-39-60(52)69(64-43-21-20-42-63(64)68-61-40-18-12-32-53(61)54-33-13-19-41-62(54)68)65-44-22-38-59-66(65)55-34-10-16-37-58(55)67(59)56-35-14-8-29-50(56)51-30-9-15-36-57(51)67/h1-15,17-36,38-44H,16,37H2. The molecule has 14 rings (SSSR count). The first-order valence-corrected chi connectivity index (χ1v) is 24.2. The molecule has 324 valence electrons. The van der Waals surface area contributed by atoms with E-state index in [1.54, 1.807) is 0 Å². The summed E-state index contributed by atoms with van der Waals surface area (Å²) < 4.78 is 2.49. The molecule has 69 heavy (non-hydrogen) atoms. The van der Waals surface area contributed by atoms with Gasteiger partial charge >= 0.3 is 0 Å². The highest BCUT2D eigenvalue weighted by molar-refractivity contribution is 6.11. The Labute approximate surface area is 403 Å². The van der Waals surface area contributed by atoms with Gasteiger partial charge in [-0.3, -0.25) is 0 Å². The lowest BCUT2D eigenvalue weighted by atomic mass is 9.68. The highest BCUT2D eigenvalue weighted by Gasteiger charge is 2.53. The zero-order valence-electron chi connectivity index (χ0n) is 38.1. The van der Waals surface area contributed by atoms with Crippen LogP contribution in [-0.2, 0) is 5.41 Å². The van der Waals surface area contributed by atoms with Crippen LogP contribution in [0.15, 0.2) is 260 Å². The summed E-state index contributed by atoms with van der Waals surface area (Å²) in [5.74, 6) is 0. The average molecular weight is 879 g/mol. The van der Waals surface area contributed by atoms with Crippen LogP contribution in [0, 0.1) is 0 Å². The Kier molecular flexibility index (Phi) is 8.97. The van der Waals surface area contributed by atoms with Gasteiger partial charge in [-0.25, -0.2) is 0 Å². The molecule has 10 aromatic carbocycles. The van der Waals surface area contributed by atoms with Crippen LogP contribution >= 0.6 is 0 Å². The number of hydrogen-bond acceptors (Lipinski definition) is 1. The number of hydrogen-bond donors (Lipinski definition) is 0. The molecule has 1 aromatic heterocycles. The number of allylic oxidation sites excluding steroid dienone is 4. The summed E-state index contributed by atoms with van der Waals surface area (Å²) in [6, 6.07) is 90.0. The highest BCUT2D eigenvalue weighted by Crippen LogP contribution is 2.65. The molecule has 0 saturated carbocycles. The van der Waals surface area contributed by atoms with Gasteiger partial charge in [0, 0.05) is 21.9 Å². The summed E-state index contributed by atoms with van der Waals surface area (Å²) in [6.07, 6.45) is 6.85. The first kappa shape index (κ1) is 39.4. The third kappa shape index (κ3) is 5.73. The van der Waals surface area contributed by atoms with E-state index in [9.17, 15) is 0 Å². The number of anilines is 3. The average Bonchev–Trinajstić information content (AvgIpc) is 4.04. The minimum atomic E-state index is -0.413. The molecule has 0 fully saturated rings. The van der Waals surface area contributed by atoms with Gasteiger partial charge in [0.15, 0.2) is 0 Å². The molecule has 1 spiro atoms. The molecule has 0 bridgehead atoms. The van der Waals surface area contributed by atoms with Crippen LogP contribution in [0.4, 0.5) is 17.1 Å². The Hall–Kier alpha value is -8.72. The van der Waals surface area contributed by atoms with E-state index in [4.69, 9.17) is 0 Å². The van der Waals surface area contributed by atoms with Crippen molar-refractivity contribution in [1.82, 2.24) is 4.57 Å². The van der Waals surface area contributed by atoms with Gasteiger partial charge in [-0.1, -0.05) is 218 Å². The van der Waals surface area contributed by atoms with E-state index in [1.807, 2.05) is 0 Å². The molecule has 2 heteroatoms. The Bertz CT molecular complexity index is 3820. The third-order valence-electron chi connectivity index (χ3n) is 15.1. The normalized spacial score (nSPS) is 14.0. The van der Waals surface area contributed by atoms with Gasteiger partial charge in [0.2, 0.25) is 0 Å². The molecule has 0 unspecified atom stereocenters. The lowest BCUT2D eigenvalue weighted by Gasteiger charge is -2.34. The van der Waals surface area contributed by atoms with Gasteiger partial charge in [0.05, 0.1) is 39.2 Å². The molecular formula is C67H46N2. The maximum Gasteiger partial charge on any atom is 0.0702 e. The van der Waals surface area contributed by atoms with E-state index >= 15 is 0 Å². The van der Waals surface area contributed by atoms with Crippen molar-refractivity contribution in [3.8, 4) is 50.2 Å². The van der Waals surface area contributed by atoms with Gasteiger partial charge in [0.1, 0.15) is 0 Å². The number of rotatable bonds is 7. The third-order valence-corrected chi connectivity index (χ3v) is 15.1. The predicted molar refractivity (Wildman–Crippen MR) is 289 cm³/mol. The molecule has 0 N–H and O–H groups in total. The molecule has 0 atom stereocenters. The number of fused-ring (bicyclic) bond motifs is 12. The fraction of sp³-hybridized carbons (Fsp3) is 0.0448. The molecule has 0 saturated heterocycles. The second-order valence-electron chi connectivity index (χ2n) is 18.5. The van der Waals surface area contributed by atoms with Gasteiger partial charge < -0.3 is 9.47 Å². The van der Waals surface area contributed by atoms with Crippen LogP contribution in [0.2, 0.25) is 0 Å². The quantitative estimate of drug-likeness (QED) is 0.155. The summed E-state index contributed by atoms with van der Waals surface area (Å²) in [5, 5.41) is 2.48. The minimum Gasteiger partial charge on any atom is -0.307 e. The fourth-order valence-corrected chi connectivity index (χ4v) is 12.5. The first-order chi connectivity index (χ1) is 34.3. The van der Waals surface area contributed by atoms with Crippen LogP contribution in [0.1, 0.15) is 35.1 Å². The lowest BCUT2D eigenvalue weighted by molar-refractivity contribution is 0.714. The second kappa shape index (κ2) is 15.7. The molecule has 0 amide bonds. The Balaban J connectivity index is 1.09. The zero-order chi connectivity index (χ0) is 45.5. The van der Waals surface area contributed by atoms with Crippen molar-refractivity contribution >= 4 is 44.4 Å². The van der Waals surface area contributed by atoms with Crippen molar-refractivity contribution in [1.29, 1.82) is 0 Å². The second-order valence-corrected chi connectivity index (χ2v) is 18.5. The number of benzene rings is 10. The number of para-hydroxylation sites is 5. The Morgan fingerprint density at radius 1 is 0.362 bits per heavy atom. The van der Waals surface area contributed by atoms with E-state index < -0.39 is 5.41 Å². The van der Waals surface area contributed by atoms with Gasteiger partial charge in [-0.2, -0.15) is 0 Å². The van der Waals surface area contributed by atoms with Crippen molar-refractivity contribution in [2.45, 2.75) is 18.3 Å². The summed E-state index contributed by atoms with van der Waals surface area (Å²) in [4.78, 5) is 2.60. The van der Waals surface area contributed by atoms with E-state index in [0.29, 0.717) is 0 Å². The molecule has 11 aromatic rings. The summed E-state index contributed by atoms with van der Waals surface area (Å²) in [6.45, 7) is 0. The van der Waals surface area contributed by atoms with Crippen molar-refractivity contribution < 1.29 is 0 Å². The summed E-state index contributed by atoms with van der Waals surface area (Å²) in [7, 11) is 0. The largest absolute Gasteiger partial charge is 0.307 e. The summed E-state index contributed by atoms with van der Waals surface area (Å²) >= 11 is 0. The van der Waals surface area contributed by atoms with Crippen molar-refractivity contribution in [3.63, 3.8) is 0 Å². The highest BCUT2D eigenvalue weighted by atomic mass is 15.2.